The van der Waals surface area contributed by atoms with Crippen LogP contribution in [0.25, 0.3) is 0 Å². The van der Waals surface area contributed by atoms with Crippen molar-refractivity contribution in [3.05, 3.63) is 0 Å². The van der Waals surface area contributed by atoms with Crippen LogP contribution in [0.4, 0.5) is 0 Å². The molecule has 1 aliphatic carbocycles. The molecular weight excluding hydrogens is 174 g/mol. The topological polar surface area (TPSA) is 23.5 Å². The maximum absolute atomic E-state index is 8.95. The molecule has 14 heavy (non-hydrogen) atoms. The van der Waals surface area contributed by atoms with Crippen LogP contribution in [0.15, 0.2) is 0 Å². The molecule has 0 amide bonds. The van der Waals surface area contributed by atoms with Gasteiger partial charge in [0, 0.05) is 25.2 Å². The first-order chi connectivity index (χ1) is 6.50. The highest BCUT2D eigenvalue weighted by Crippen LogP contribution is 2.43. The van der Waals surface area contributed by atoms with Gasteiger partial charge in [0.1, 0.15) is 0 Å². The summed E-state index contributed by atoms with van der Waals surface area (Å²) in [5, 5.41) is 8.95. The van der Waals surface area contributed by atoms with E-state index in [1.807, 2.05) is 0 Å². The Morgan fingerprint density at radius 3 is 2.14 bits per heavy atom. The van der Waals surface area contributed by atoms with E-state index >= 15 is 0 Å². The second kappa shape index (κ2) is 3.49. The molecule has 2 aliphatic rings. The number of nitrogens with zero attached hydrogens (tertiary/aromatic N) is 1. The first-order valence-electron chi connectivity index (χ1n) is 5.86. The molecule has 2 rings (SSSR count). The smallest absolute Gasteiger partial charge is 0.0459 e. The standard InChI is InChI=1S/C12H23NO/c1-12(2,3)13-6-11(7-13)10-4-9(5-10)8-14/h9-11,14H,4-8H2,1-3H3. The van der Waals surface area contributed by atoms with E-state index in [2.05, 4.69) is 25.7 Å². The number of likely N-dealkylation sites (tertiary alicyclic amines) is 1. The van der Waals surface area contributed by atoms with Crippen LogP contribution in [-0.4, -0.2) is 35.2 Å². The predicted molar refractivity (Wildman–Crippen MR) is 58.1 cm³/mol. The Balaban J connectivity index is 1.69. The van der Waals surface area contributed by atoms with Gasteiger partial charge in [-0.1, -0.05) is 0 Å². The van der Waals surface area contributed by atoms with Crippen molar-refractivity contribution in [2.45, 2.75) is 39.2 Å². The number of aliphatic hydroxyl groups excluding tert-OH is 1. The Hall–Kier alpha value is -0.0800. The molecule has 1 saturated carbocycles. The van der Waals surface area contributed by atoms with Crippen LogP contribution in [0.1, 0.15) is 33.6 Å². The van der Waals surface area contributed by atoms with Crippen LogP contribution in [-0.2, 0) is 0 Å². The van der Waals surface area contributed by atoms with E-state index < -0.39 is 0 Å². The first kappa shape index (κ1) is 10.4. The molecule has 2 heteroatoms. The van der Waals surface area contributed by atoms with Gasteiger partial charge in [0.2, 0.25) is 0 Å². The molecule has 2 nitrogen and oxygen atoms in total. The van der Waals surface area contributed by atoms with Crippen molar-refractivity contribution in [1.29, 1.82) is 0 Å². The molecule has 0 radical (unpaired) electrons. The number of hydrogen-bond donors (Lipinski definition) is 1. The summed E-state index contributed by atoms with van der Waals surface area (Å²) in [6.45, 7) is 9.85. The highest BCUT2D eigenvalue weighted by atomic mass is 16.3. The fourth-order valence-electron chi connectivity index (χ4n) is 2.68. The third-order valence-electron chi connectivity index (χ3n) is 4.06. The Bertz CT molecular complexity index is 197. The lowest BCUT2D eigenvalue weighted by Gasteiger charge is -2.53. The summed E-state index contributed by atoms with van der Waals surface area (Å²) >= 11 is 0. The lowest BCUT2D eigenvalue weighted by molar-refractivity contribution is -0.0526. The van der Waals surface area contributed by atoms with Gasteiger partial charge >= 0.3 is 0 Å². The molecule has 2 fully saturated rings. The highest BCUT2D eigenvalue weighted by Gasteiger charge is 2.43. The van der Waals surface area contributed by atoms with E-state index in [4.69, 9.17) is 5.11 Å². The maximum Gasteiger partial charge on any atom is 0.0459 e. The molecule has 0 unspecified atom stereocenters. The summed E-state index contributed by atoms with van der Waals surface area (Å²) < 4.78 is 0. The average Bonchev–Trinajstić information content (AvgIpc) is 1.87. The zero-order valence-electron chi connectivity index (χ0n) is 9.66. The van der Waals surface area contributed by atoms with Crippen molar-refractivity contribution in [3.8, 4) is 0 Å². The lowest BCUT2D eigenvalue weighted by atomic mass is 9.66. The van der Waals surface area contributed by atoms with Crippen LogP contribution in [0, 0.1) is 17.8 Å². The molecule has 1 N–H and O–H groups in total. The molecule has 0 atom stereocenters. The molecule has 0 aromatic heterocycles. The lowest BCUT2D eigenvalue weighted by Crippen LogP contribution is -2.59. The van der Waals surface area contributed by atoms with Crippen LogP contribution in [0.2, 0.25) is 0 Å². The quantitative estimate of drug-likeness (QED) is 0.729. The summed E-state index contributed by atoms with van der Waals surface area (Å²) in [5.74, 6) is 2.48. The largest absolute Gasteiger partial charge is 0.396 e. The molecule has 1 saturated heterocycles. The van der Waals surface area contributed by atoms with Crippen LogP contribution >= 0.6 is 0 Å². The Kier molecular flexibility index (Phi) is 2.61. The molecule has 1 aliphatic heterocycles. The Morgan fingerprint density at radius 2 is 1.71 bits per heavy atom. The third kappa shape index (κ3) is 1.82. The Morgan fingerprint density at radius 1 is 1.14 bits per heavy atom. The van der Waals surface area contributed by atoms with Crippen LogP contribution in [0.5, 0.6) is 0 Å². The van der Waals surface area contributed by atoms with Crippen molar-refractivity contribution < 1.29 is 5.11 Å². The van der Waals surface area contributed by atoms with Gasteiger partial charge in [-0.2, -0.15) is 0 Å². The zero-order valence-corrected chi connectivity index (χ0v) is 9.66. The average molecular weight is 197 g/mol. The van der Waals surface area contributed by atoms with Crippen molar-refractivity contribution in [2.75, 3.05) is 19.7 Å². The van der Waals surface area contributed by atoms with Crippen molar-refractivity contribution in [3.63, 3.8) is 0 Å². The molecule has 0 bridgehead atoms. The fourth-order valence-corrected chi connectivity index (χ4v) is 2.68. The molecule has 0 aromatic rings. The molecule has 82 valence electrons. The molecule has 1 heterocycles. The number of hydrogen-bond acceptors (Lipinski definition) is 2. The van der Waals surface area contributed by atoms with E-state index in [0.29, 0.717) is 18.1 Å². The van der Waals surface area contributed by atoms with E-state index in [-0.39, 0.29) is 0 Å². The van der Waals surface area contributed by atoms with Crippen molar-refractivity contribution in [1.82, 2.24) is 4.90 Å². The zero-order chi connectivity index (χ0) is 10.3. The van der Waals surface area contributed by atoms with Crippen LogP contribution in [0.3, 0.4) is 0 Å². The second-order valence-corrected chi connectivity index (χ2v) is 6.12. The van der Waals surface area contributed by atoms with Crippen LogP contribution < -0.4 is 0 Å². The summed E-state index contributed by atoms with van der Waals surface area (Å²) in [6.07, 6.45) is 2.55. The summed E-state index contributed by atoms with van der Waals surface area (Å²) in [5.41, 5.74) is 0.358. The van der Waals surface area contributed by atoms with Gasteiger partial charge < -0.3 is 5.11 Å². The first-order valence-corrected chi connectivity index (χ1v) is 5.86. The summed E-state index contributed by atoms with van der Waals surface area (Å²) in [4.78, 5) is 2.56. The van der Waals surface area contributed by atoms with E-state index in [1.54, 1.807) is 0 Å². The minimum absolute atomic E-state index is 0.358. The number of rotatable bonds is 2. The van der Waals surface area contributed by atoms with Gasteiger partial charge in [0.25, 0.3) is 0 Å². The monoisotopic (exact) mass is 197 g/mol. The van der Waals surface area contributed by atoms with Gasteiger partial charge in [0.05, 0.1) is 0 Å². The van der Waals surface area contributed by atoms with Gasteiger partial charge in [-0.05, 0) is 51.4 Å². The Labute approximate surface area is 87.3 Å². The second-order valence-electron chi connectivity index (χ2n) is 6.12. The van der Waals surface area contributed by atoms with Crippen molar-refractivity contribution in [2.24, 2.45) is 17.8 Å². The fraction of sp³-hybridized carbons (Fsp3) is 1.00. The van der Waals surface area contributed by atoms with Gasteiger partial charge in [-0.25, -0.2) is 0 Å². The van der Waals surface area contributed by atoms with Gasteiger partial charge in [-0.3, -0.25) is 4.90 Å². The SMILES string of the molecule is CC(C)(C)N1CC(C2CC(CO)C2)C1. The van der Waals surface area contributed by atoms with Crippen molar-refractivity contribution >= 4 is 0 Å². The molecular formula is C12H23NO. The minimum Gasteiger partial charge on any atom is -0.396 e. The summed E-state index contributed by atoms with van der Waals surface area (Å²) in [6, 6.07) is 0. The highest BCUT2D eigenvalue weighted by molar-refractivity contribution is 4.95. The number of aliphatic hydroxyl groups is 1. The maximum atomic E-state index is 8.95. The molecule has 0 aromatic carbocycles. The normalized spacial score (nSPS) is 35.1. The van der Waals surface area contributed by atoms with E-state index in [0.717, 1.165) is 11.8 Å². The predicted octanol–water partition coefficient (Wildman–Crippen LogP) is 1.74. The minimum atomic E-state index is 0.358. The third-order valence-corrected chi connectivity index (χ3v) is 4.06. The van der Waals surface area contributed by atoms with E-state index in [9.17, 15) is 0 Å². The van der Waals surface area contributed by atoms with Gasteiger partial charge in [-0.15, -0.1) is 0 Å². The summed E-state index contributed by atoms with van der Waals surface area (Å²) in [7, 11) is 0. The van der Waals surface area contributed by atoms with Gasteiger partial charge in [0.15, 0.2) is 0 Å². The molecule has 0 spiro atoms. The van der Waals surface area contributed by atoms with E-state index in [1.165, 1.54) is 25.9 Å².